The van der Waals surface area contributed by atoms with Crippen molar-refractivity contribution in [1.29, 1.82) is 0 Å². The van der Waals surface area contributed by atoms with E-state index in [2.05, 4.69) is 27.4 Å². The first-order chi connectivity index (χ1) is 10.7. The van der Waals surface area contributed by atoms with Gasteiger partial charge in [-0.15, -0.1) is 0 Å². The van der Waals surface area contributed by atoms with E-state index in [0.717, 1.165) is 11.1 Å². The van der Waals surface area contributed by atoms with Gasteiger partial charge >= 0.3 is 0 Å². The van der Waals surface area contributed by atoms with E-state index in [-0.39, 0.29) is 5.95 Å². The zero-order valence-electron chi connectivity index (χ0n) is 11.8. The smallest absolute Gasteiger partial charge is 0.223 e. The minimum atomic E-state index is 0.144. The van der Waals surface area contributed by atoms with Gasteiger partial charge in [-0.05, 0) is 22.9 Å². The topological polar surface area (TPSA) is 73.1 Å². The summed E-state index contributed by atoms with van der Waals surface area (Å²) < 4.78 is 5.73. The summed E-state index contributed by atoms with van der Waals surface area (Å²) in [4.78, 5) is 7.83. The molecular weight excluding hydrogens is 300 g/mol. The van der Waals surface area contributed by atoms with Crippen LogP contribution < -0.4 is 15.8 Å². The summed E-state index contributed by atoms with van der Waals surface area (Å²) in [5.41, 5.74) is 5.53. The number of fused-ring (bicyclic) bond motifs is 1. The van der Waals surface area contributed by atoms with Crippen molar-refractivity contribution in [2.45, 2.75) is 0 Å². The molecule has 0 saturated heterocycles. The van der Waals surface area contributed by atoms with Crippen LogP contribution >= 0.6 is 11.6 Å². The Morgan fingerprint density at radius 1 is 1.05 bits per heavy atom. The molecule has 0 spiro atoms. The molecule has 5 nitrogen and oxygen atoms in total. The van der Waals surface area contributed by atoms with Gasteiger partial charge in [-0.3, -0.25) is 0 Å². The van der Waals surface area contributed by atoms with E-state index in [1.54, 1.807) is 6.07 Å². The van der Waals surface area contributed by atoms with Crippen LogP contribution in [0.2, 0.25) is 5.15 Å². The lowest BCUT2D eigenvalue weighted by Gasteiger charge is -2.09. The SMILES string of the molecule is Nc1nc(Cl)cc(NCCOc2ccc3ccccc3c2)n1. The zero-order chi connectivity index (χ0) is 15.4. The van der Waals surface area contributed by atoms with E-state index in [1.807, 2.05) is 30.3 Å². The molecule has 0 atom stereocenters. The number of nitrogens with one attached hydrogen (secondary N) is 1. The number of hydrogen-bond acceptors (Lipinski definition) is 5. The predicted octanol–water partition coefficient (Wildman–Crippen LogP) is 3.36. The average Bonchev–Trinajstić information content (AvgIpc) is 2.50. The predicted molar refractivity (Wildman–Crippen MR) is 89.4 cm³/mol. The Balaban J connectivity index is 1.55. The van der Waals surface area contributed by atoms with E-state index in [0.29, 0.717) is 24.1 Å². The number of anilines is 2. The van der Waals surface area contributed by atoms with Crippen LogP contribution in [-0.2, 0) is 0 Å². The number of benzene rings is 2. The third-order valence-electron chi connectivity index (χ3n) is 3.11. The van der Waals surface area contributed by atoms with Gasteiger partial charge in [0.25, 0.3) is 0 Å². The Morgan fingerprint density at radius 3 is 2.68 bits per heavy atom. The third-order valence-corrected chi connectivity index (χ3v) is 3.30. The van der Waals surface area contributed by atoms with Crippen LogP contribution in [0.25, 0.3) is 10.8 Å². The standard InChI is InChI=1S/C16H15ClN4O/c17-14-10-15(21-16(18)20-14)19-7-8-22-13-6-5-11-3-1-2-4-12(11)9-13/h1-6,9-10H,7-8H2,(H3,18,19,20,21). The summed E-state index contributed by atoms with van der Waals surface area (Å²) in [5, 5.41) is 5.75. The zero-order valence-corrected chi connectivity index (χ0v) is 12.5. The first-order valence-electron chi connectivity index (χ1n) is 6.86. The van der Waals surface area contributed by atoms with Crippen molar-refractivity contribution < 1.29 is 4.74 Å². The van der Waals surface area contributed by atoms with Crippen molar-refractivity contribution in [2.75, 3.05) is 24.2 Å². The lowest BCUT2D eigenvalue weighted by Crippen LogP contribution is -2.13. The normalized spacial score (nSPS) is 10.6. The maximum Gasteiger partial charge on any atom is 0.223 e. The van der Waals surface area contributed by atoms with Gasteiger partial charge < -0.3 is 15.8 Å². The van der Waals surface area contributed by atoms with Crippen LogP contribution in [0.1, 0.15) is 0 Å². The van der Waals surface area contributed by atoms with Gasteiger partial charge in [0.15, 0.2) is 0 Å². The van der Waals surface area contributed by atoms with Crippen LogP contribution in [0.15, 0.2) is 48.5 Å². The van der Waals surface area contributed by atoms with E-state index in [9.17, 15) is 0 Å². The molecule has 0 aliphatic heterocycles. The Hall–Kier alpha value is -2.53. The molecule has 3 aromatic rings. The van der Waals surface area contributed by atoms with E-state index < -0.39 is 0 Å². The molecule has 3 N–H and O–H groups in total. The molecule has 0 unspecified atom stereocenters. The van der Waals surface area contributed by atoms with Crippen molar-refractivity contribution >= 4 is 34.1 Å². The third kappa shape index (κ3) is 3.56. The number of nitrogens with zero attached hydrogens (tertiary/aromatic N) is 2. The van der Waals surface area contributed by atoms with Crippen LogP contribution in [0, 0.1) is 0 Å². The largest absolute Gasteiger partial charge is 0.492 e. The molecule has 2 aromatic carbocycles. The fraction of sp³-hybridized carbons (Fsp3) is 0.125. The number of halogens is 1. The minimum absolute atomic E-state index is 0.144. The molecule has 0 bridgehead atoms. The van der Waals surface area contributed by atoms with Gasteiger partial charge in [-0.1, -0.05) is 41.9 Å². The second kappa shape index (κ2) is 6.49. The molecule has 1 aromatic heterocycles. The van der Waals surface area contributed by atoms with Gasteiger partial charge in [0.2, 0.25) is 5.95 Å². The van der Waals surface area contributed by atoms with Crippen LogP contribution in [0.4, 0.5) is 11.8 Å². The highest BCUT2D eigenvalue weighted by Gasteiger charge is 2.00. The van der Waals surface area contributed by atoms with Gasteiger partial charge in [-0.2, -0.15) is 4.98 Å². The van der Waals surface area contributed by atoms with Gasteiger partial charge in [0.05, 0.1) is 6.54 Å². The highest BCUT2D eigenvalue weighted by atomic mass is 35.5. The Labute approximate surface area is 133 Å². The lowest BCUT2D eigenvalue weighted by atomic mass is 10.1. The summed E-state index contributed by atoms with van der Waals surface area (Å²) in [6, 6.07) is 15.8. The molecule has 1 heterocycles. The fourth-order valence-corrected chi connectivity index (χ4v) is 2.32. The highest BCUT2D eigenvalue weighted by molar-refractivity contribution is 6.29. The van der Waals surface area contributed by atoms with Crippen LogP contribution in [0.3, 0.4) is 0 Å². The summed E-state index contributed by atoms with van der Waals surface area (Å²) in [7, 11) is 0. The second-order valence-electron chi connectivity index (χ2n) is 4.72. The van der Waals surface area contributed by atoms with Crippen molar-refractivity contribution in [1.82, 2.24) is 9.97 Å². The highest BCUT2D eigenvalue weighted by Crippen LogP contribution is 2.20. The molecule has 0 amide bonds. The molecule has 112 valence electrons. The molecule has 0 saturated carbocycles. The van der Waals surface area contributed by atoms with E-state index >= 15 is 0 Å². The molecule has 22 heavy (non-hydrogen) atoms. The molecule has 0 fully saturated rings. The molecule has 0 aliphatic rings. The second-order valence-corrected chi connectivity index (χ2v) is 5.11. The molecule has 3 rings (SSSR count). The van der Waals surface area contributed by atoms with Crippen molar-refractivity contribution in [3.63, 3.8) is 0 Å². The Morgan fingerprint density at radius 2 is 1.86 bits per heavy atom. The summed E-state index contributed by atoms with van der Waals surface area (Å²) >= 11 is 5.81. The number of hydrogen-bond donors (Lipinski definition) is 2. The molecular formula is C16H15ClN4O. The van der Waals surface area contributed by atoms with Crippen molar-refractivity contribution in [2.24, 2.45) is 0 Å². The first kappa shape index (κ1) is 14.4. The number of nitrogens with two attached hydrogens (primary N) is 1. The van der Waals surface area contributed by atoms with Crippen molar-refractivity contribution in [3.8, 4) is 5.75 Å². The van der Waals surface area contributed by atoms with Crippen LogP contribution in [0.5, 0.6) is 5.75 Å². The summed E-state index contributed by atoms with van der Waals surface area (Å²) in [6.45, 7) is 1.08. The van der Waals surface area contributed by atoms with E-state index in [4.69, 9.17) is 22.1 Å². The molecule has 0 radical (unpaired) electrons. The van der Waals surface area contributed by atoms with Crippen molar-refractivity contribution in [3.05, 3.63) is 53.7 Å². The maximum absolute atomic E-state index is 5.81. The van der Waals surface area contributed by atoms with Gasteiger partial charge in [-0.25, -0.2) is 4.98 Å². The Bertz CT molecular complexity index is 774. The number of nitrogen functional groups attached to an aromatic ring is 1. The van der Waals surface area contributed by atoms with Gasteiger partial charge in [0, 0.05) is 6.07 Å². The number of ether oxygens (including phenoxy) is 1. The minimum Gasteiger partial charge on any atom is -0.492 e. The maximum atomic E-state index is 5.81. The first-order valence-corrected chi connectivity index (χ1v) is 7.24. The number of aromatic nitrogens is 2. The lowest BCUT2D eigenvalue weighted by molar-refractivity contribution is 0.333. The quantitative estimate of drug-likeness (QED) is 0.558. The molecule has 0 aliphatic carbocycles. The Kier molecular flexibility index (Phi) is 4.25. The monoisotopic (exact) mass is 314 g/mol. The fourth-order valence-electron chi connectivity index (χ4n) is 2.13. The number of rotatable bonds is 5. The van der Waals surface area contributed by atoms with Gasteiger partial charge in [0.1, 0.15) is 23.3 Å². The van der Waals surface area contributed by atoms with E-state index in [1.165, 1.54) is 5.39 Å². The molecule has 6 heteroatoms. The summed E-state index contributed by atoms with van der Waals surface area (Å²) in [6.07, 6.45) is 0. The van der Waals surface area contributed by atoms with Crippen LogP contribution in [-0.4, -0.2) is 23.1 Å². The summed E-state index contributed by atoms with van der Waals surface area (Å²) in [5.74, 6) is 1.56. The average molecular weight is 315 g/mol.